The fourth-order valence-corrected chi connectivity index (χ4v) is 0.428. The molecule has 0 spiro atoms. The zero-order chi connectivity index (χ0) is 6.85. The second-order valence-electron chi connectivity index (χ2n) is 1.42. The smallest absolute Gasteiger partial charge is 0.242 e. The molecular weight excluding hydrogens is 120 g/mol. The number of aromatic nitrogens is 1. The van der Waals surface area contributed by atoms with Crippen LogP contribution in [0.4, 0.5) is 11.7 Å². The van der Waals surface area contributed by atoms with E-state index in [0.717, 1.165) is 0 Å². The first-order valence-electron chi connectivity index (χ1n) is 2.16. The minimum absolute atomic E-state index is 0.0324. The van der Waals surface area contributed by atoms with Crippen LogP contribution < -0.4 is 11.5 Å². The number of nitrogens with zero attached hydrogens (tertiary/aromatic N) is 2. The Balaban J connectivity index is 3.27. The molecule has 0 aliphatic heterocycles. The van der Waals surface area contributed by atoms with Gasteiger partial charge in [0, 0.05) is 0 Å². The molecule has 0 bridgehead atoms. The van der Waals surface area contributed by atoms with E-state index >= 15 is 0 Å². The topological polar surface area (TPSA) is 102 Å². The highest BCUT2D eigenvalue weighted by Gasteiger charge is 2.07. The van der Waals surface area contributed by atoms with Crippen molar-refractivity contribution in [3.05, 3.63) is 5.56 Å². The fourth-order valence-electron chi connectivity index (χ4n) is 0.428. The largest absolute Gasteiger partial charge is 0.380 e. The van der Waals surface area contributed by atoms with Crippen molar-refractivity contribution in [3.8, 4) is 6.07 Å². The van der Waals surface area contributed by atoms with Crippen molar-refractivity contribution in [1.29, 1.82) is 5.26 Å². The van der Waals surface area contributed by atoms with Gasteiger partial charge in [-0.15, -0.1) is 0 Å². The molecule has 1 heterocycles. The van der Waals surface area contributed by atoms with Gasteiger partial charge in [0.25, 0.3) is 0 Å². The van der Waals surface area contributed by atoms with Crippen LogP contribution in [0.25, 0.3) is 0 Å². The molecule has 0 aromatic carbocycles. The molecule has 1 aromatic heterocycles. The second-order valence-corrected chi connectivity index (χ2v) is 1.42. The summed E-state index contributed by atoms with van der Waals surface area (Å²) in [4.78, 5) is 0. The molecule has 0 fully saturated rings. The Kier molecular flexibility index (Phi) is 1.01. The van der Waals surface area contributed by atoms with E-state index in [9.17, 15) is 0 Å². The van der Waals surface area contributed by atoms with Crippen LogP contribution in [0, 0.1) is 11.3 Å². The molecule has 9 heavy (non-hydrogen) atoms. The first-order chi connectivity index (χ1) is 4.25. The van der Waals surface area contributed by atoms with Crippen LogP contribution in [0.15, 0.2) is 4.52 Å². The molecule has 0 aliphatic rings. The average Bonchev–Trinajstić information content (AvgIpc) is 2.12. The number of hydrogen-bond donors (Lipinski definition) is 2. The summed E-state index contributed by atoms with van der Waals surface area (Å²) in [6.45, 7) is 0. The summed E-state index contributed by atoms with van der Waals surface area (Å²) in [5, 5.41) is 11.5. The van der Waals surface area contributed by atoms with E-state index in [4.69, 9.17) is 16.7 Å². The van der Waals surface area contributed by atoms with Crippen LogP contribution in [0.5, 0.6) is 0 Å². The minimum Gasteiger partial charge on any atom is -0.380 e. The highest BCUT2D eigenvalue weighted by Crippen LogP contribution is 2.15. The summed E-state index contributed by atoms with van der Waals surface area (Å²) >= 11 is 0. The molecule has 0 atom stereocenters. The van der Waals surface area contributed by atoms with Gasteiger partial charge >= 0.3 is 0 Å². The molecule has 0 saturated carbocycles. The zero-order valence-corrected chi connectivity index (χ0v) is 4.46. The highest BCUT2D eigenvalue weighted by atomic mass is 16.5. The van der Waals surface area contributed by atoms with Gasteiger partial charge in [-0.3, -0.25) is 0 Å². The summed E-state index contributed by atoms with van der Waals surface area (Å²) in [7, 11) is 0. The first kappa shape index (κ1) is 5.44. The average molecular weight is 124 g/mol. The SMILES string of the molecule is N#Cc1c(N)noc1N. The molecule has 0 saturated heterocycles. The molecule has 0 radical (unpaired) electrons. The van der Waals surface area contributed by atoms with Gasteiger partial charge in [0.05, 0.1) is 0 Å². The van der Waals surface area contributed by atoms with Gasteiger partial charge < -0.3 is 16.0 Å². The second kappa shape index (κ2) is 1.67. The van der Waals surface area contributed by atoms with Crippen molar-refractivity contribution in [2.24, 2.45) is 0 Å². The molecular formula is C4H4N4O. The third-order valence-electron chi connectivity index (χ3n) is 0.857. The van der Waals surface area contributed by atoms with Gasteiger partial charge in [0.1, 0.15) is 6.07 Å². The van der Waals surface area contributed by atoms with Gasteiger partial charge in [-0.25, -0.2) is 0 Å². The summed E-state index contributed by atoms with van der Waals surface area (Å²) in [6.07, 6.45) is 0. The van der Waals surface area contributed by atoms with Crippen LogP contribution in [0.1, 0.15) is 5.56 Å². The molecule has 1 aromatic rings. The van der Waals surface area contributed by atoms with Crippen molar-refractivity contribution >= 4 is 11.7 Å². The van der Waals surface area contributed by atoms with Crippen LogP contribution in [0.2, 0.25) is 0 Å². The van der Waals surface area contributed by atoms with E-state index < -0.39 is 0 Å². The van der Waals surface area contributed by atoms with Crippen LogP contribution in [-0.4, -0.2) is 5.16 Å². The maximum Gasteiger partial charge on any atom is 0.242 e. The Morgan fingerprint density at radius 1 is 1.56 bits per heavy atom. The van der Waals surface area contributed by atoms with Gasteiger partial charge in [-0.1, -0.05) is 5.16 Å². The number of nitriles is 1. The number of nitrogens with two attached hydrogens (primary N) is 2. The van der Waals surface area contributed by atoms with Crippen LogP contribution >= 0.6 is 0 Å². The summed E-state index contributed by atoms with van der Waals surface area (Å²) in [5.74, 6) is 0.00463. The fraction of sp³-hybridized carbons (Fsp3) is 0. The predicted octanol–water partition coefficient (Wildman–Crippen LogP) is -0.289. The number of nitrogen functional groups attached to an aromatic ring is 2. The number of rotatable bonds is 0. The van der Waals surface area contributed by atoms with E-state index in [1.54, 1.807) is 6.07 Å². The highest BCUT2D eigenvalue weighted by molar-refractivity contribution is 5.58. The molecule has 0 unspecified atom stereocenters. The molecule has 0 amide bonds. The monoisotopic (exact) mass is 124 g/mol. The molecule has 46 valence electrons. The number of hydrogen-bond acceptors (Lipinski definition) is 5. The van der Waals surface area contributed by atoms with Crippen molar-refractivity contribution in [2.45, 2.75) is 0 Å². The Morgan fingerprint density at radius 3 is 2.44 bits per heavy atom. The third kappa shape index (κ3) is 0.659. The molecule has 1 rings (SSSR count). The number of anilines is 2. The quantitative estimate of drug-likeness (QED) is 0.494. The van der Waals surface area contributed by atoms with Crippen molar-refractivity contribution in [2.75, 3.05) is 11.5 Å². The Bertz CT molecular complexity index is 239. The predicted molar refractivity (Wildman–Crippen MR) is 30.0 cm³/mol. The lowest BCUT2D eigenvalue weighted by atomic mass is 10.3. The Hall–Kier alpha value is -1.70. The normalized spacial score (nSPS) is 8.78. The minimum atomic E-state index is -0.0324. The van der Waals surface area contributed by atoms with Gasteiger partial charge in [0.2, 0.25) is 5.88 Å². The van der Waals surface area contributed by atoms with E-state index in [0.29, 0.717) is 0 Å². The lowest BCUT2D eigenvalue weighted by Gasteiger charge is -1.78. The molecule has 5 heteroatoms. The third-order valence-corrected chi connectivity index (χ3v) is 0.857. The molecule has 5 nitrogen and oxygen atoms in total. The zero-order valence-electron chi connectivity index (χ0n) is 4.46. The maximum atomic E-state index is 8.28. The first-order valence-corrected chi connectivity index (χ1v) is 2.16. The lowest BCUT2D eigenvalue weighted by Crippen LogP contribution is -1.89. The summed E-state index contributed by atoms with van der Waals surface area (Å²) in [6, 6.07) is 1.74. The van der Waals surface area contributed by atoms with Gasteiger partial charge in [0.15, 0.2) is 11.4 Å². The van der Waals surface area contributed by atoms with Crippen molar-refractivity contribution in [1.82, 2.24) is 5.16 Å². The standard InChI is InChI=1S/C4H4N4O/c5-1-2-3(6)8-9-4(2)7/h7H2,(H2,6,8). The van der Waals surface area contributed by atoms with Crippen LogP contribution in [-0.2, 0) is 0 Å². The van der Waals surface area contributed by atoms with Crippen LogP contribution in [0.3, 0.4) is 0 Å². The molecule has 0 aliphatic carbocycles. The lowest BCUT2D eigenvalue weighted by molar-refractivity contribution is 0.440. The summed E-state index contributed by atoms with van der Waals surface area (Å²) < 4.78 is 4.37. The van der Waals surface area contributed by atoms with E-state index in [2.05, 4.69) is 9.68 Å². The Labute approximate surface area is 50.8 Å². The van der Waals surface area contributed by atoms with Gasteiger partial charge in [-0.05, 0) is 0 Å². The van der Waals surface area contributed by atoms with Crippen molar-refractivity contribution in [3.63, 3.8) is 0 Å². The van der Waals surface area contributed by atoms with Gasteiger partial charge in [-0.2, -0.15) is 5.26 Å². The summed E-state index contributed by atoms with van der Waals surface area (Å²) in [5.41, 5.74) is 10.4. The van der Waals surface area contributed by atoms with E-state index in [1.165, 1.54) is 0 Å². The molecule has 4 N–H and O–H groups in total. The van der Waals surface area contributed by atoms with Crippen molar-refractivity contribution < 1.29 is 4.52 Å². The van der Waals surface area contributed by atoms with E-state index in [-0.39, 0.29) is 17.3 Å². The Morgan fingerprint density at radius 2 is 2.22 bits per heavy atom. The van der Waals surface area contributed by atoms with E-state index in [1.807, 2.05) is 0 Å². The maximum absolute atomic E-state index is 8.28.